The van der Waals surface area contributed by atoms with Gasteiger partial charge in [0, 0.05) is 24.0 Å². The Labute approximate surface area is 143 Å². The van der Waals surface area contributed by atoms with Crippen LogP contribution in [0.1, 0.15) is 35.5 Å². The Hall–Kier alpha value is -2.56. The van der Waals surface area contributed by atoms with E-state index in [2.05, 4.69) is 10.3 Å². The maximum absolute atomic E-state index is 12.3. The largest absolute Gasteiger partial charge is 0.490 e. The van der Waals surface area contributed by atoms with Crippen molar-refractivity contribution in [3.63, 3.8) is 0 Å². The Morgan fingerprint density at radius 1 is 1.08 bits per heavy atom. The zero-order valence-electron chi connectivity index (χ0n) is 14.5. The first kappa shape index (κ1) is 17.8. The van der Waals surface area contributed by atoms with Gasteiger partial charge in [-0.3, -0.25) is 9.78 Å². The monoisotopic (exact) mass is 328 g/mol. The SMILES string of the molecule is CCOc1ccc(C(=O)NCCc2ccc(C)nc2)cc1OCC. The van der Waals surface area contributed by atoms with Gasteiger partial charge in [-0.2, -0.15) is 0 Å². The second-order valence-electron chi connectivity index (χ2n) is 5.34. The fourth-order valence-corrected chi connectivity index (χ4v) is 2.26. The number of hydrogen-bond acceptors (Lipinski definition) is 4. The number of benzene rings is 1. The maximum Gasteiger partial charge on any atom is 0.251 e. The summed E-state index contributed by atoms with van der Waals surface area (Å²) in [6, 6.07) is 9.23. The van der Waals surface area contributed by atoms with Crippen LogP contribution in [0.15, 0.2) is 36.5 Å². The van der Waals surface area contributed by atoms with Crippen molar-refractivity contribution in [3.8, 4) is 11.5 Å². The van der Waals surface area contributed by atoms with E-state index in [1.165, 1.54) is 0 Å². The number of carbonyl (C=O) groups excluding carboxylic acids is 1. The first-order chi connectivity index (χ1) is 11.6. The first-order valence-electron chi connectivity index (χ1n) is 8.23. The van der Waals surface area contributed by atoms with Gasteiger partial charge >= 0.3 is 0 Å². The number of carbonyl (C=O) groups is 1. The number of nitrogens with zero attached hydrogens (tertiary/aromatic N) is 1. The van der Waals surface area contributed by atoms with E-state index in [0.717, 1.165) is 17.7 Å². The Morgan fingerprint density at radius 3 is 2.50 bits per heavy atom. The molecule has 0 spiro atoms. The van der Waals surface area contributed by atoms with Crippen LogP contribution in [0.2, 0.25) is 0 Å². The summed E-state index contributed by atoms with van der Waals surface area (Å²) >= 11 is 0. The number of rotatable bonds is 8. The lowest BCUT2D eigenvalue weighted by Gasteiger charge is -2.12. The summed E-state index contributed by atoms with van der Waals surface area (Å²) in [5.41, 5.74) is 2.65. The maximum atomic E-state index is 12.3. The molecule has 0 saturated carbocycles. The van der Waals surface area contributed by atoms with Gasteiger partial charge in [-0.15, -0.1) is 0 Å². The summed E-state index contributed by atoms with van der Waals surface area (Å²) in [5.74, 6) is 1.12. The number of nitrogens with one attached hydrogen (secondary N) is 1. The van der Waals surface area contributed by atoms with Crippen LogP contribution in [-0.4, -0.2) is 30.6 Å². The molecule has 5 heteroatoms. The summed E-state index contributed by atoms with van der Waals surface area (Å²) in [7, 11) is 0. The van der Waals surface area contributed by atoms with Gasteiger partial charge in [-0.05, 0) is 57.0 Å². The molecule has 0 aliphatic carbocycles. The highest BCUT2D eigenvalue weighted by Crippen LogP contribution is 2.28. The van der Waals surface area contributed by atoms with Gasteiger partial charge in [0.2, 0.25) is 0 Å². The van der Waals surface area contributed by atoms with Crippen molar-refractivity contribution < 1.29 is 14.3 Å². The topological polar surface area (TPSA) is 60.5 Å². The highest BCUT2D eigenvalue weighted by molar-refractivity contribution is 5.94. The van der Waals surface area contributed by atoms with Crippen molar-refractivity contribution in [1.82, 2.24) is 10.3 Å². The summed E-state index contributed by atoms with van der Waals surface area (Å²) in [6.07, 6.45) is 2.58. The summed E-state index contributed by atoms with van der Waals surface area (Å²) in [5, 5.41) is 2.92. The van der Waals surface area contributed by atoms with Crippen LogP contribution in [0.3, 0.4) is 0 Å². The van der Waals surface area contributed by atoms with Gasteiger partial charge in [-0.25, -0.2) is 0 Å². The summed E-state index contributed by atoms with van der Waals surface area (Å²) in [4.78, 5) is 16.5. The molecule has 128 valence electrons. The fourth-order valence-electron chi connectivity index (χ4n) is 2.26. The zero-order valence-corrected chi connectivity index (χ0v) is 14.5. The van der Waals surface area contributed by atoms with E-state index in [9.17, 15) is 4.79 Å². The van der Waals surface area contributed by atoms with Crippen LogP contribution in [0.25, 0.3) is 0 Å². The molecular formula is C19H24N2O3. The average Bonchev–Trinajstić information content (AvgIpc) is 2.58. The molecular weight excluding hydrogens is 304 g/mol. The molecule has 1 heterocycles. The molecule has 24 heavy (non-hydrogen) atoms. The lowest BCUT2D eigenvalue weighted by molar-refractivity contribution is 0.0953. The average molecular weight is 328 g/mol. The molecule has 0 aliphatic heterocycles. The second-order valence-corrected chi connectivity index (χ2v) is 5.34. The van der Waals surface area contributed by atoms with Gasteiger partial charge in [0.15, 0.2) is 11.5 Å². The third-order valence-electron chi connectivity index (χ3n) is 3.48. The van der Waals surface area contributed by atoms with Crippen molar-refractivity contribution >= 4 is 5.91 Å². The molecule has 0 unspecified atom stereocenters. The predicted molar refractivity (Wildman–Crippen MR) is 93.8 cm³/mol. The zero-order chi connectivity index (χ0) is 17.4. The van der Waals surface area contributed by atoms with E-state index in [0.29, 0.717) is 36.8 Å². The molecule has 0 fully saturated rings. The van der Waals surface area contributed by atoms with Crippen LogP contribution in [0, 0.1) is 6.92 Å². The normalized spacial score (nSPS) is 10.3. The number of aryl methyl sites for hydroxylation is 1. The van der Waals surface area contributed by atoms with Crippen LogP contribution in [0.5, 0.6) is 11.5 Å². The van der Waals surface area contributed by atoms with Crippen molar-refractivity contribution in [2.75, 3.05) is 19.8 Å². The molecule has 1 amide bonds. The smallest absolute Gasteiger partial charge is 0.251 e. The molecule has 1 aromatic heterocycles. The van der Waals surface area contributed by atoms with Gasteiger partial charge in [-0.1, -0.05) is 6.07 Å². The molecule has 2 aromatic rings. The molecule has 0 aliphatic rings. The standard InChI is InChI=1S/C19H24N2O3/c1-4-23-17-9-8-16(12-18(17)24-5-2)19(22)20-11-10-15-7-6-14(3)21-13-15/h6-9,12-13H,4-5,10-11H2,1-3H3,(H,20,22). The van der Waals surface area contributed by atoms with Gasteiger partial charge in [0.25, 0.3) is 5.91 Å². The molecule has 0 atom stereocenters. The van der Waals surface area contributed by atoms with Gasteiger partial charge in [0.1, 0.15) is 0 Å². The number of aromatic nitrogens is 1. The molecule has 1 aromatic carbocycles. The fraction of sp³-hybridized carbons (Fsp3) is 0.368. The molecule has 2 rings (SSSR count). The molecule has 1 N–H and O–H groups in total. The van der Waals surface area contributed by atoms with Crippen LogP contribution in [-0.2, 0) is 6.42 Å². The van der Waals surface area contributed by atoms with E-state index in [1.807, 2.05) is 39.1 Å². The third kappa shape index (κ3) is 4.98. The minimum absolute atomic E-state index is 0.126. The predicted octanol–water partition coefficient (Wildman–Crippen LogP) is 3.16. The minimum atomic E-state index is -0.126. The lowest BCUT2D eigenvalue weighted by Crippen LogP contribution is -2.25. The Kier molecular flexibility index (Phi) is 6.61. The van der Waals surface area contributed by atoms with E-state index >= 15 is 0 Å². The number of pyridine rings is 1. The Balaban J connectivity index is 1.96. The second kappa shape index (κ2) is 8.91. The van der Waals surface area contributed by atoms with Crippen molar-refractivity contribution in [1.29, 1.82) is 0 Å². The Morgan fingerprint density at radius 2 is 1.83 bits per heavy atom. The van der Waals surface area contributed by atoms with E-state index in [1.54, 1.807) is 18.2 Å². The number of amides is 1. The number of hydrogen-bond donors (Lipinski definition) is 1. The quantitative estimate of drug-likeness (QED) is 0.808. The summed E-state index contributed by atoms with van der Waals surface area (Å²) < 4.78 is 11.1. The lowest BCUT2D eigenvalue weighted by atomic mass is 10.1. The minimum Gasteiger partial charge on any atom is -0.490 e. The van der Waals surface area contributed by atoms with Crippen molar-refractivity contribution in [2.24, 2.45) is 0 Å². The highest BCUT2D eigenvalue weighted by Gasteiger charge is 2.11. The first-order valence-corrected chi connectivity index (χ1v) is 8.23. The summed E-state index contributed by atoms with van der Waals surface area (Å²) in [6.45, 7) is 7.39. The Bertz CT molecular complexity index is 669. The third-order valence-corrected chi connectivity index (χ3v) is 3.48. The molecule has 0 bridgehead atoms. The molecule has 5 nitrogen and oxygen atoms in total. The van der Waals surface area contributed by atoms with E-state index in [-0.39, 0.29) is 5.91 Å². The number of ether oxygens (including phenoxy) is 2. The van der Waals surface area contributed by atoms with Crippen molar-refractivity contribution in [3.05, 3.63) is 53.3 Å². The van der Waals surface area contributed by atoms with Gasteiger partial charge in [0.05, 0.1) is 13.2 Å². The van der Waals surface area contributed by atoms with E-state index in [4.69, 9.17) is 9.47 Å². The highest BCUT2D eigenvalue weighted by atomic mass is 16.5. The van der Waals surface area contributed by atoms with Crippen LogP contribution in [0.4, 0.5) is 0 Å². The molecule has 0 saturated heterocycles. The van der Waals surface area contributed by atoms with E-state index < -0.39 is 0 Å². The molecule has 0 radical (unpaired) electrons. The van der Waals surface area contributed by atoms with Crippen LogP contribution >= 0.6 is 0 Å². The van der Waals surface area contributed by atoms with Crippen molar-refractivity contribution in [2.45, 2.75) is 27.2 Å². The van der Waals surface area contributed by atoms with Gasteiger partial charge < -0.3 is 14.8 Å². The van der Waals surface area contributed by atoms with Crippen LogP contribution < -0.4 is 14.8 Å².